The zero-order chi connectivity index (χ0) is 25.0. The first kappa shape index (κ1) is 25.3. The van der Waals surface area contributed by atoms with E-state index in [-0.39, 0.29) is 23.7 Å². The van der Waals surface area contributed by atoms with Crippen LogP contribution in [0.4, 0.5) is 10.1 Å². The molecule has 0 fully saturated rings. The summed E-state index contributed by atoms with van der Waals surface area (Å²) in [5, 5.41) is 0.450. The Balaban J connectivity index is 1.59. The number of nitrogens with zero attached hydrogens (tertiary/aromatic N) is 2. The maximum absolute atomic E-state index is 14.0. The lowest BCUT2D eigenvalue weighted by molar-refractivity contribution is 0.357. The maximum Gasteiger partial charge on any atom is 0.243 e. The molecule has 0 N–H and O–H groups in total. The number of furan rings is 1. The molecule has 0 amide bonds. The van der Waals surface area contributed by atoms with Crippen LogP contribution in [0.2, 0.25) is 5.02 Å². The highest BCUT2D eigenvalue weighted by Gasteiger charge is 2.26. The van der Waals surface area contributed by atoms with Crippen molar-refractivity contribution in [1.82, 2.24) is 4.31 Å². The van der Waals surface area contributed by atoms with Gasteiger partial charge in [0.05, 0.1) is 23.3 Å². The number of rotatable bonds is 8. The summed E-state index contributed by atoms with van der Waals surface area (Å²) in [5.41, 5.74) is 2.09. The lowest BCUT2D eigenvalue weighted by Gasteiger charge is -2.21. The smallest absolute Gasteiger partial charge is 0.243 e. The topological polar surface area (TPSA) is 62.9 Å². The molecule has 4 aromatic rings. The summed E-state index contributed by atoms with van der Waals surface area (Å²) in [5.74, 6) is 0.328. The third kappa shape index (κ3) is 6.46. The third-order valence-corrected chi connectivity index (χ3v) is 7.74. The summed E-state index contributed by atoms with van der Waals surface area (Å²) in [7, 11) is -3.85. The van der Waals surface area contributed by atoms with Crippen molar-refractivity contribution in [3.63, 3.8) is 0 Å². The average molecular weight is 576 g/mol. The Morgan fingerprint density at radius 2 is 1.71 bits per heavy atom. The molecule has 1 aromatic heterocycles. The molecule has 0 aliphatic carbocycles. The average Bonchev–Trinajstić information content (AvgIpc) is 3.27. The predicted molar refractivity (Wildman–Crippen MR) is 139 cm³/mol. The minimum absolute atomic E-state index is 0.000674. The van der Waals surface area contributed by atoms with Crippen molar-refractivity contribution in [3.8, 4) is 0 Å². The number of benzene rings is 3. The van der Waals surface area contributed by atoms with E-state index in [1.165, 1.54) is 28.7 Å². The predicted octanol–water partition coefficient (Wildman–Crippen LogP) is 7.28. The molecule has 0 unspecified atom stereocenters. The molecule has 0 aliphatic rings. The molecule has 9 heteroatoms. The van der Waals surface area contributed by atoms with E-state index in [9.17, 15) is 12.8 Å². The van der Waals surface area contributed by atoms with Crippen LogP contribution in [-0.2, 0) is 23.1 Å². The standard InChI is InChI=1S/C26H21BrClFN2O3S/c1-18-2-4-19(5-3-18)16-31(35(32,33)24-11-7-21(28)8-12-24)17-23-10-9-22(34-23)15-30-26-13-6-20(27)14-25(26)29/h2-15H,16-17H2,1H3. The van der Waals surface area contributed by atoms with Gasteiger partial charge in [-0.05, 0) is 67.1 Å². The van der Waals surface area contributed by atoms with Crippen molar-refractivity contribution < 1.29 is 17.2 Å². The van der Waals surface area contributed by atoms with Gasteiger partial charge in [0, 0.05) is 16.0 Å². The van der Waals surface area contributed by atoms with Gasteiger partial charge in [-0.1, -0.05) is 57.4 Å². The van der Waals surface area contributed by atoms with Gasteiger partial charge in [-0.3, -0.25) is 0 Å². The molecule has 3 aromatic carbocycles. The van der Waals surface area contributed by atoms with Crippen molar-refractivity contribution in [2.24, 2.45) is 4.99 Å². The molecule has 0 atom stereocenters. The van der Waals surface area contributed by atoms with Gasteiger partial charge in [0.15, 0.2) is 0 Å². The van der Waals surface area contributed by atoms with Crippen molar-refractivity contribution in [3.05, 3.63) is 117 Å². The molecule has 0 aliphatic heterocycles. The van der Waals surface area contributed by atoms with Crippen LogP contribution in [0, 0.1) is 12.7 Å². The van der Waals surface area contributed by atoms with Crippen molar-refractivity contribution in [2.75, 3.05) is 0 Å². The molecule has 0 radical (unpaired) electrons. The second-order valence-electron chi connectivity index (χ2n) is 7.87. The maximum atomic E-state index is 14.0. The van der Waals surface area contributed by atoms with Gasteiger partial charge in [-0.15, -0.1) is 0 Å². The minimum atomic E-state index is -3.85. The van der Waals surface area contributed by atoms with E-state index in [1.54, 1.807) is 36.4 Å². The monoisotopic (exact) mass is 574 g/mol. The van der Waals surface area contributed by atoms with Gasteiger partial charge in [0.2, 0.25) is 10.0 Å². The van der Waals surface area contributed by atoms with E-state index < -0.39 is 15.8 Å². The van der Waals surface area contributed by atoms with Gasteiger partial charge < -0.3 is 4.42 Å². The molecule has 0 bridgehead atoms. The zero-order valence-electron chi connectivity index (χ0n) is 18.7. The largest absolute Gasteiger partial charge is 0.459 e. The molecule has 1 heterocycles. The van der Waals surface area contributed by atoms with Crippen LogP contribution in [0.1, 0.15) is 22.6 Å². The number of hydrogen-bond acceptors (Lipinski definition) is 4. The second-order valence-corrected chi connectivity index (χ2v) is 11.2. The fraction of sp³-hybridized carbons (Fsp3) is 0.115. The Morgan fingerprint density at radius 1 is 1.00 bits per heavy atom. The minimum Gasteiger partial charge on any atom is -0.459 e. The number of aryl methyl sites for hydroxylation is 1. The van der Waals surface area contributed by atoms with E-state index in [4.69, 9.17) is 16.0 Å². The number of sulfonamides is 1. The zero-order valence-corrected chi connectivity index (χ0v) is 21.8. The summed E-state index contributed by atoms with van der Waals surface area (Å²) in [6.07, 6.45) is 1.40. The Hall–Kier alpha value is -2.78. The van der Waals surface area contributed by atoms with Crippen LogP contribution in [0.3, 0.4) is 0 Å². The third-order valence-electron chi connectivity index (χ3n) is 5.19. The van der Waals surface area contributed by atoms with E-state index in [0.717, 1.165) is 11.1 Å². The summed E-state index contributed by atoms with van der Waals surface area (Å²) >= 11 is 9.16. The van der Waals surface area contributed by atoms with Gasteiger partial charge >= 0.3 is 0 Å². The van der Waals surface area contributed by atoms with Gasteiger partial charge in [-0.2, -0.15) is 4.31 Å². The summed E-state index contributed by atoms with van der Waals surface area (Å²) < 4.78 is 48.7. The van der Waals surface area contributed by atoms with Crippen molar-refractivity contribution >= 4 is 49.5 Å². The fourth-order valence-corrected chi connectivity index (χ4v) is 5.17. The van der Waals surface area contributed by atoms with E-state index in [1.807, 2.05) is 31.2 Å². The summed E-state index contributed by atoms with van der Waals surface area (Å²) in [4.78, 5) is 4.26. The van der Waals surface area contributed by atoms with Gasteiger partial charge in [0.25, 0.3) is 0 Å². The first-order valence-electron chi connectivity index (χ1n) is 10.6. The lowest BCUT2D eigenvalue weighted by atomic mass is 10.1. The normalized spacial score (nSPS) is 12.0. The van der Waals surface area contributed by atoms with Crippen LogP contribution in [-0.4, -0.2) is 18.9 Å². The molecule has 35 heavy (non-hydrogen) atoms. The van der Waals surface area contributed by atoms with Crippen LogP contribution < -0.4 is 0 Å². The molecule has 180 valence electrons. The van der Waals surface area contributed by atoms with E-state index in [0.29, 0.717) is 21.0 Å². The number of hydrogen-bond donors (Lipinski definition) is 0. The van der Waals surface area contributed by atoms with Crippen LogP contribution in [0.25, 0.3) is 0 Å². The number of aliphatic imine (C=N–C) groups is 1. The van der Waals surface area contributed by atoms with Gasteiger partial charge in [-0.25, -0.2) is 17.8 Å². The first-order chi connectivity index (χ1) is 16.7. The summed E-state index contributed by atoms with van der Waals surface area (Å²) in [6, 6.07) is 21.6. The van der Waals surface area contributed by atoms with Gasteiger partial charge in [0.1, 0.15) is 17.3 Å². The lowest BCUT2D eigenvalue weighted by Crippen LogP contribution is -2.30. The van der Waals surface area contributed by atoms with Crippen LogP contribution >= 0.6 is 27.5 Å². The van der Waals surface area contributed by atoms with E-state index >= 15 is 0 Å². The second kappa shape index (κ2) is 10.9. The quantitative estimate of drug-likeness (QED) is 0.207. The summed E-state index contributed by atoms with van der Waals surface area (Å²) in [6.45, 7) is 2.12. The SMILES string of the molecule is Cc1ccc(CN(Cc2ccc(C=Nc3ccc(Br)cc3F)o2)S(=O)(=O)c2ccc(Cl)cc2)cc1. The molecule has 0 saturated carbocycles. The Morgan fingerprint density at radius 3 is 2.40 bits per heavy atom. The number of halogens is 3. The fourth-order valence-electron chi connectivity index (χ4n) is 3.32. The highest BCUT2D eigenvalue weighted by atomic mass is 79.9. The molecule has 0 spiro atoms. The first-order valence-corrected chi connectivity index (χ1v) is 13.2. The Labute approximate surface area is 217 Å². The molecule has 5 nitrogen and oxygen atoms in total. The highest BCUT2D eigenvalue weighted by molar-refractivity contribution is 9.10. The van der Waals surface area contributed by atoms with Crippen molar-refractivity contribution in [1.29, 1.82) is 0 Å². The molecular formula is C26H21BrClFN2O3S. The van der Waals surface area contributed by atoms with Crippen LogP contribution in [0.5, 0.6) is 0 Å². The Bertz CT molecular complexity index is 1450. The van der Waals surface area contributed by atoms with Crippen molar-refractivity contribution in [2.45, 2.75) is 24.9 Å². The molecule has 4 rings (SSSR count). The molecular weight excluding hydrogens is 555 g/mol. The molecule has 0 saturated heterocycles. The highest BCUT2D eigenvalue weighted by Crippen LogP contribution is 2.25. The van der Waals surface area contributed by atoms with E-state index in [2.05, 4.69) is 20.9 Å². The van der Waals surface area contributed by atoms with Crippen LogP contribution in [0.15, 0.2) is 97.6 Å². The Kier molecular flexibility index (Phi) is 7.86.